The summed E-state index contributed by atoms with van der Waals surface area (Å²) < 4.78 is 0. The van der Waals surface area contributed by atoms with E-state index >= 15 is 0 Å². The number of likely N-dealkylation sites (N-methyl/N-ethyl adjacent to an activating group) is 1. The van der Waals surface area contributed by atoms with E-state index in [1.807, 2.05) is 25.8 Å². The summed E-state index contributed by atoms with van der Waals surface area (Å²) in [5, 5.41) is 3.26. The van der Waals surface area contributed by atoms with Crippen molar-refractivity contribution in [2.75, 3.05) is 24.6 Å². The molecule has 17 heavy (non-hydrogen) atoms. The molecule has 0 atom stereocenters. The third-order valence-electron chi connectivity index (χ3n) is 2.55. The molecule has 0 radical (unpaired) electrons. The van der Waals surface area contributed by atoms with E-state index in [-0.39, 0.29) is 5.91 Å². The van der Waals surface area contributed by atoms with Crippen LogP contribution >= 0.6 is 11.6 Å². The molecule has 4 nitrogen and oxygen atoms in total. The minimum absolute atomic E-state index is 0.0667. The number of nitrogen functional groups attached to an aromatic ring is 1. The number of rotatable bonds is 4. The van der Waals surface area contributed by atoms with Gasteiger partial charge in [0.15, 0.2) is 0 Å². The van der Waals surface area contributed by atoms with E-state index in [2.05, 4.69) is 5.32 Å². The number of nitrogens with one attached hydrogen (secondary N) is 1. The average molecular weight is 256 g/mol. The topological polar surface area (TPSA) is 58.4 Å². The SMILES string of the molecule is CC(C)N(C)CC(=O)Nc1ccc(Cl)c(N)c1. The van der Waals surface area contributed by atoms with E-state index in [0.29, 0.717) is 29.0 Å². The number of hydrogen-bond acceptors (Lipinski definition) is 3. The molecule has 0 aliphatic rings. The Kier molecular flexibility index (Phi) is 4.78. The smallest absolute Gasteiger partial charge is 0.238 e. The Balaban J connectivity index is 2.59. The molecule has 5 heteroatoms. The van der Waals surface area contributed by atoms with Gasteiger partial charge in [0.25, 0.3) is 0 Å². The molecule has 1 amide bonds. The predicted molar refractivity (Wildman–Crippen MR) is 72.3 cm³/mol. The van der Waals surface area contributed by atoms with Crippen molar-refractivity contribution in [2.24, 2.45) is 0 Å². The maximum Gasteiger partial charge on any atom is 0.238 e. The third-order valence-corrected chi connectivity index (χ3v) is 2.90. The van der Waals surface area contributed by atoms with E-state index in [4.69, 9.17) is 17.3 Å². The van der Waals surface area contributed by atoms with Crippen molar-refractivity contribution in [3.8, 4) is 0 Å². The number of halogens is 1. The molecule has 0 unspecified atom stereocenters. The van der Waals surface area contributed by atoms with E-state index in [1.165, 1.54) is 0 Å². The summed E-state index contributed by atoms with van der Waals surface area (Å²) in [4.78, 5) is 13.6. The Morgan fingerprint density at radius 3 is 2.71 bits per heavy atom. The molecule has 0 bridgehead atoms. The molecule has 0 aliphatic carbocycles. The van der Waals surface area contributed by atoms with Crippen LogP contribution in [-0.4, -0.2) is 30.4 Å². The highest BCUT2D eigenvalue weighted by atomic mass is 35.5. The van der Waals surface area contributed by atoms with Crippen LogP contribution in [0, 0.1) is 0 Å². The minimum atomic E-state index is -0.0667. The van der Waals surface area contributed by atoms with E-state index in [1.54, 1.807) is 18.2 Å². The van der Waals surface area contributed by atoms with Crippen molar-refractivity contribution < 1.29 is 4.79 Å². The van der Waals surface area contributed by atoms with Crippen molar-refractivity contribution >= 4 is 28.9 Å². The molecule has 1 aromatic carbocycles. The fraction of sp³-hybridized carbons (Fsp3) is 0.417. The summed E-state index contributed by atoms with van der Waals surface area (Å²) in [7, 11) is 1.90. The first-order chi connectivity index (χ1) is 7.90. The van der Waals surface area contributed by atoms with Crippen LogP contribution in [0.2, 0.25) is 5.02 Å². The molecule has 0 aromatic heterocycles. The predicted octanol–water partition coefficient (Wildman–Crippen LogP) is 2.20. The average Bonchev–Trinajstić information content (AvgIpc) is 2.23. The highest BCUT2D eigenvalue weighted by molar-refractivity contribution is 6.33. The summed E-state index contributed by atoms with van der Waals surface area (Å²) >= 11 is 5.80. The molecule has 1 rings (SSSR count). The normalized spacial score (nSPS) is 10.9. The van der Waals surface area contributed by atoms with Gasteiger partial charge in [-0.05, 0) is 39.1 Å². The van der Waals surface area contributed by atoms with Crippen LogP contribution in [0.3, 0.4) is 0 Å². The van der Waals surface area contributed by atoms with Crippen LogP contribution < -0.4 is 11.1 Å². The molecular weight excluding hydrogens is 238 g/mol. The van der Waals surface area contributed by atoms with Gasteiger partial charge >= 0.3 is 0 Å². The zero-order valence-electron chi connectivity index (χ0n) is 10.3. The molecule has 1 aromatic rings. The monoisotopic (exact) mass is 255 g/mol. The number of anilines is 2. The number of amides is 1. The fourth-order valence-corrected chi connectivity index (χ4v) is 1.35. The molecule has 0 saturated heterocycles. The molecule has 0 aliphatic heterocycles. The second kappa shape index (κ2) is 5.89. The Labute approximate surface area is 107 Å². The number of nitrogens with zero attached hydrogens (tertiary/aromatic N) is 1. The van der Waals surface area contributed by atoms with Crippen molar-refractivity contribution in [2.45, 2.75) is 19.9 Å². The fourth-order valence-electron chi connectivity index (χ4n) is 1.23. The van der Waals surface area contributed by atoms with E-state index in [0.717, 1.165) is 0 Å². The number of carbonyl (C=O) groups excluding carboxylic acids is 1. The second-order valence-corrected chi connectivity index (χ2v) is 4.70. The molecule has 0 heterocycles. The summed E-state index contributed by atoms with van der Waals surface area (Å²) in [5.74, 6) is -0.0667. The first-order valence-electron chi connectivity index (χ1n) is 5.45. The highest BCUT2D eigenvalue weighted by Crippen LogP contribution is 2.22. The van der Waals surface area contributed by atoms with Crippen molar-refractivity contribution in [3.63, 3.8) is 0 Å². The standard InChI is InChI=1S/C12H18ClN3O/c1-8(2)16(3)7-12(17)15-9-4-5-10(13)11(14)6-9/h4-6,8H,7,14H2,1-3H3,(H,15,17). The number of nitrogens with two attached hydrogens (primary N) is 1. The lowest BCUT2D eigenvalue weighted by Gasteiger charge is -2.20. The van der Waals surface area contributed by atoms with Crippen LogP contribution in [0.25, 0.3) is 0 Å². The molecule has 0 spiro atoms. The molecule has 0 saturated carbocycles. The van der Waals surface area contributed by atoms with Crippen LogP contribution in [0.15, 0.2) is 18.2 Å². The van der Waals surface area contributed by atoms with E-state index < -0.39 is 0 Å². The Morgan fingerprint density at radius 2 is 2.18 bits per heavy atom. The lowest BCUT2D eigenvalue weighted by atomic mass is 10.2. The van der Waals surface area contributed by atoms with Gasteiger partial charge in [0.05, 0.1) is 17.3 Å². The van der Waals surface area contributed by atoms with Gasteiger partial charge in [-0.3, -0.25) is 9.69 Å². The summed E-state index contributed by atoms with van der Waals surface area (Å²) in [6.45, 7) is 4.42. The quantitative estimate of drug-likeness (QED) is 0.811. The lowest BCUT2D eigenvalue weighted by molar-refractivity contribution is -0.117. The van der Waals surface area contributed by atoms with Crippen molar-refractivity contribution in [1.29, 1.82) is 0 Å². The molecule has 0 fully saturated rings. The van der Waals surface area contributed by atoms with Gasteiger partial charge in [0.1, 0.15) is 0 Å². The van der Waals surface area contributed by atoms with E-state index in [9.17, 15) is 4.79 Å². The van der Waals surface area contributed by atoms with Gasteiger partial charge in [-0.1, -0.05) is 11.6 Å². The number of hydrogen-bond donors (Lipinski definition) is 2. The highest BCUT2D eigenvalue weighted by Gasteiger charge is 2.09. The lowest BCUT2D eigenvalue weighted by Crippen LogP contribution is -2.34. The van der Waals surface area contributed by atoms with Crippen LogP contribution in [0.4, 0.5) is 11.4 Å². The zero-order valence-corrected chi connectivity index (χ0v) is 11.1. The molecule has 94 valence electrons. The summed E-state index contributed by atoms with van der Waals surface area (Å²) in [6.07, 6.45) is 0. The maximum absolute atomic E-state index is 11.7. The second-order valence-electron chi connectivity index (χ2n) is 4.29. The maximum atomic E-state index is 11.7. The summed E-state index contributed by atoms with van der Waals surface area (Å²) in [5.41, 5.74) is 6.77. The van der Waals surface area contributed by atoms with Gasteiger partial charge in [-0.2, -0.15) is 0 Å². The number of benzene rings is 1. The van der Waals surface area contributed by atoms with Crippen LogP contribution in [-0.2, 0) is 4.79 Å². The zero-order chi connectivity index (χ0) is 13.0. The van der Waals surface area contributed by atoms with Gasteiger partial charge in [0.2, 0.25) is 5.91 Å². The first-order valence-corrected chi connectivity index (χ1v) is 5.83. The van der Waals surface area contributed by atoms with Gasteiger partial charge in [0, 0.05) is 11.7 Å². The van der Waals surface area contributed by atoms with Crippen molar-refractivity contribution in [1.82, 2.24) is 4.90 Å². The Bertz CT molecular complexity index is 407. The largest absolute Gasteiger partial charge is 0.397 e. The first kappa shape index (κ1) is 13.8. The third kappa shape index (κ3) is 4.24. The van der Waals surface area contributed by atoms with Crippen LogP contribution in [0.5, 0.6) is 0 Å². The molecule has 3 N–H and O–H groups in total. The van der Waals surface area contributed by atoms with Crippen LogP contribution in [0.1, 0.15) is 13.8 Å². The minimum Gasteiger partial charge on any atom is -0.397 e. The van der Waals surface area contributed by atoms with Crippen molar-refractivity contribution in [3.05, 3.63) is 23.2 Å². The molecular formula is C12H18ClN3O. The summed E-state index contributed by atoms with van der Waals surface area (Å²) in [6, 6.07) is 5.37. The van der Waals surface area contributed by atoms with Gasteiger partial charge < -0.3 is 11.1 Å². The van der Waals surface area contributed by atoms with Gasteiger partial charge in [-0.15, -0.1) is 0 Å². The Morgan fingerprint density at radius 1 is 1.53 bits per heavy atom. The van der Waals surface area contributed by atoms with Gasteiger partial charge in [-0.25, -0.2) is 0 Å². The number of carbonyl (C=O) groups is 1. The Hall–Kier alpha value is -1.26.